The molecule has 5 heteroatoms. The standard InChI is InChI=1S/C58H88N4S/c1-55(2,3)37-22-26-46-43(32-37)44-33-40(58(10,11)63)25-29-47(44)61(46)53-45(34-59)50(35-18-14-12-15-19-35)54(51(52(53)60)36-20-16-13-17-21-36)62-48-27-23-38(56(4,5)6)30-41(48)42-31-39(57(7,8)9)24-28-49(42)62/h13-14,16-18,20,29,32,35-42,44-46,48-51,54,63H,12,15,19,21-28,30-31,33,60H2,1-11H3. The molecule has 9 aliphatic rings. The monoisotopic (exact) mass is 873 g/mol. The number of rotatable bonds is 5. The second-order valence-electron chi connectivity index (χ2n) is 26.5. The zero-order valence-corrected chi connectivity index (χ0v) is 42.5. The van der Waals surface area contributed by atoms with Crippen molar-refractivity contribution in [1.82, 2.24) is 9.80 Å². The van der Waals surface area contributed by atoms with Gasteiger partial charge >= 0.3 is 0 Å². The minimum absolute atomic E-state index is 0.0526. The van der Waals surface area contributed by atoms with E-state index in [1.807, 2.05) is 0 Å². The van der Waals surface area contributed by atoms with Crippen molar-refractivity contribution >= 4 is 12.6 Å². The Morgan fingerprint density at radius 3 is 1.92 bits per heavy atom. The highest BCUT2D eigenvalue weighted by Crippen LogP contribution is 2.62. The van der Waals surface area contributed by atoms with E-state index in [9.17, 15) is 5.26 Å². The number of nitriles is 1. The summed E-state index contributed by atoms with van der Waals surface area (Å²) in [4.78, 5) is 6.00. The molecule has 16 unspecified atom stereocenters. The number of allylic oxidation sites excluding steroid dienone is 10. The molecule has 9 rings (SSSR count). The van der Waals surface area contributed by atoms with E-state index >= 15 is 0 Å². The number of fused-ring (bicyclic) bond motifs is 6. The first kappa shape index (κ1) is 46.0. The van der Waals surface area contributed by atoms with Gasteiger partial charge < -0.3 is 10.6 Å². The third-order valence-electron chi connectivity index (χ3n) is 19.7. The van der Waals surface area contributed by atoms with E-state index in [4.69, 9.17) is 18.4 Å². The number of hydrogen-bond acceptors (Lipinski definition) is 5. The number of likely N-dealkylation sites (tertiary alicyclic amines) is 2. The number of nitrogens with two attached hydrogens (primary N) is 1. The normalized spacial score (nSPS) is 42.2. The van der Waals surface area contributed by atoms with Gasteiger partial charge in [-0.3, -0.25) is 4.90 Å². The van der Waals surface area contributed by atoms with E-state index in [1.54, 1.807) is 5.57 Å². The van der Waals surface area contributed by atoms with Crippen molar-refractivity contribution in [3.05, 3.63) is 71.3 Å². The first-order chi connectivity index (χ1) is 29.7. The average molecular weight is 873 g/mol. The summed E-state index contributed by atoms with van der Waals surface area (Å²) in [6.07, 6.45) is 36.9. The van der Waals surface area contributed by atoms with Gasteiger partial charge in [-0.1, -0.05) is 125 Å². The molecule has 0 amide bonds. The van der Waals surface area contributed by atoms with Crippen LogP contribution in [0, 0.1) is 98.6 Å². The molecule has 2 N–H and O–H groups in total. The van der Waals surface area contributed by atoms with Crippen molar-refractivity contribution in [1.29, 1.82) is 5.26 Å². The molecule has 0 aromatic rings. The van der Waals surface area contributed by atoms with Gasteiger partial charge in [-0.25, -0.2) is 0 Å². The number of hydrogen-bond donors (Lipinski definition) is 2. The Balaban J connectivity index is 1.23. The van der Waals surface area contributed by atoms with Crippen LogP contribution >= 0.6 is 12.6 Å². The van der Waals surface area contributed by atoms with Crippen LogP contribution in [-0.4, -0.2) is 38.7 Å². The third kappa shape index (κ3) is 8.24. The Morgan fingerprint density at radius 2 is 1.38 bits per heavy atom. The quantitative estimate of drug-likeness (QED) is 0.213. The van der Waals surface area contributed by atoms with Crippen LogP contribution in [0.2, 0.25) is 0 Å². The van der Waals surface area contributed by atoms with Gasteiger partial charge in [-0.15, -0.1) is 0 Å². The summed E-state index contributed by atoms with van der Waals surface area (Å²) in [5, 5.41) is 12.1. The van der Waals surface area contributed by atoms with Crippen molar-refractivity contribution < 1.29 is 0 Å². The summed E-state index contributed by atoms with van der Waals surface area (Å²) in [6, 6.07) is 4.86. The molecule has 0 spiro atoms. The van der Waals surface area contributed by atoms with E-state index in [1.165, 1.54) is 69.2 Å². The molecule has 7 aliphatic carbocycles. The highest BCUT2D eigenvalue weighted by atomic mass is 32.1. The molecule has 0 aromatic carbocycles. The molecular formula is C58H88N4S. The number of thiol groups is 1. The maximum Gasteiger partial charge on any atom is 0.0931 e. The van der Waals surface area contributed by atoms with Crippen LogP contribution in [0.3, 0.4) is 0 Å². The largest absolute Gasteiger partial charge is 0.400 e. The van der Waals surface area contributed by atoms with Crippen LogP contribution in [0.1, 0.15) is 166 Å². The first-order valence-electron chi connectivity index (χ1n) is 26.3. The van der Waals surface area contributed by atoms with Crippen LogP contribution < -0.4 is 5.73 Å². The van der Waals surface area contributed by atoms with Crippen LogP contribution in [0.5, 0.6) is 0 Å². The summed E-state index contributed by atoms with van der Waals surface area (Å²) in [5.74, 6) is 5.18. The van der Waals surface area contributed by atoms with E-state index in [-0.39, 0.29) is 40.0 Å². The first-order valence-corrected chi connectivity index (χ1v) is 26.7. The molecule has 4 nitrogen and oxygen atoms in total. The SMILES string of the molecule is CC(C)(C)C1C=C2C3CC(C(C)(C)S)CC=C3N(C3=C(N)C(C4C=CC=CC4)C(N4C5CCC(C(C)(C)C)CC5C5CC(C(C)(C)C)CCC54)C(C4C=CCCC4)C3C#N)C2CC1. The fourth-order valence-corrected chi connectivity index (χ4v) is 16.3. The molecule has 63 heavy (non-hydrogen) atoms. The van der Waals surface area contributed by atoms with Crippen molar-refractivity contribution in [3.63, 3.8) is 0 Å². The molecule has 2 aliphatic heterocycles. The van der Waals surface area contributed by atoms with E-state index in [2.05, 4.69) is 141 Å². The lowest BCUT2D eigenvalue weighted by Crippen LogP contribution is -2.61. The molecule has 0 radical (unpaired) electrons. The zero-order chi connectivity index (χ0) is 45.0. The smallest absolute Gasteiger partial charge is 0.0931 e. The Kier molecular flexibility index (Phi) is 12.3. The summed E-state index contributed by atoms with van der Waals surface area (Å²) < 4.78 is -0.0526. The van der Waals surface area contributed by atoms with Gasteiger partial charge in [0.2, 0.25) is 0 Å². The molecular weight excluding hydrogens is 785 g/mol. The van der Waals surface area contributed by atoms with Crippen LogP contribution in [0.4, 0.5) is 0 Å². The molecule has 2 heterocycles. The summed E-state index contributed by atoms with van der Waals surface area (Å²) in [6.45, 7) is 27.0. The Hall–Kier alpha value is -2.16. The molecule has 346 valence electrons. The van der Waals surface area contributed by atoms with Gasteiger partial charge in [-0.2, -0.15) is 17.9 Å². The second-order valence-corrected chi connectivity index (χ2v) is 27.7. The molecule has 0 bridgehead atoms. The lowest BCUT2D eigenvalue weighted by atomic mass is 9.60. The summed E-state index contributed by atoms with van der Waals surface area (Å²) in [7, 11) is 0. The van der Waals surface area contributed by atoms with Crippen molar-refractivity contribution in [2.75, 3.05) is 0 Å². The van der Waals surface area contributed by atoms with Gasteiger partial charge in [0.05, 0.1) is 23.7 Å². The third-order valence-corrected chi connectivity index (χ3v) is 20.1. The Morgan fingerprint density at radius 1 is 0.714 bits per heavy atom. The fourth-order valence-electron chi connectivity index (χ4n) is 16.1. The van der Waals surface area contributed by atoms with Gasteiger partial charge in [0, 0.05) is 52.0 Å². The van der Waals surface area contributed by atoms with Crippen LogP contribution in [-0.2, 0) is 0 Å². The maximum atomic E-state index is 12.1. The fraction of sp³-hybridized carbons (Fsp3) is 0.776. The molecule has 16 atom stereocenters. The van der Waals surface area contributed by atoms with Gasteiger partial charge in [0.1, 0.15) is 0 Å². The van der Waals surface area contributed by atoms with Gasteiger partial charge in [0.15, 0.2) is 0 Å². The Labute approximate surface area is 391 Å². The van der Waals surface area contributed by atoms with Crippen molar-refractivity contribution in [2.24, 2.45) is 93.0 Å². The van der Waals surface area contributed by atoms with Crippen molar-refractivity contribution in [3.8, 4) is 6.07 Å². The second kappa shape index (κ2) is 16.9. The lowest BCUT2D eigenvalue weighted by Gasteiger charge is -2.56. The van der Waals surface area contributed by atoms with Crippen LogP contribution in [0.15, 0.2) is 71.3 Å². The van der Waals surface area contributed by atoms with E-state index in [0.717, 1.165) is 61.5 Å². The van der Waals surface area contributed by atoms with E-state index < -0.39 is 0 Å². The summed E-state index contributed by atoms with van der Waals surface area (Å²) in [5.41, 5.74) is 14.4. The van der Waals surface area contributed by atoms with Gasteiger partial charge in [-0.05, 0) is 159 Å². The van der Waals surface area contributed by atoms with Crippen molar-refractivity contribution in [2.45, 2.75) is 195 Å². The molecule has 2 saturated heterocycles. The lowest BCUT2D eigenvalue weighted by molar-refractivity contribution is -0.0276. The average Bonchev–Trinajstić information content (AvgIpc) is 3.73. The van der Waals surface area contributed by atoms with Crippen LogP contribution in [0.25, 0.3) is 0 Å². The van der Waals surface area contributed by atoms with Gasteiger partial charge in [0.25, 0.3) is 0 Å². The Bertz CT molecular complexity index is 1910. The predicted octanol–water partition coefficient (Wildman–Crippen LogP) is 14.1. The molecule has 4 fully saturated rings. The highest BCUT2D eigenvalue weighted by molar-refractivity contribution is 7.81. The minimum Gasteiger partial charge on any atom is -0.400 e. The number of nitrogens with zero attached hydrogens (tertiary/aromatic N) is 3. The maximum absolute atomic E-state index is 12.1. The topological polar surface area (TPSA) is 56.3 Å². The van der Waals surface area contributed by atoms with E-state index in [0.29, 0.717) is 52.5 Å². The summed E-state index contributed by atoms with van der Waals surface area (Å²) >= 11 is 5.22. The zero-order valence-electron chi connectivity index (χ0n) is 41.6. The minimum atomic E-state index is -0.253. The predicted molar refractivity (Wildman–Crippen MR) is 267 cm³/mol. The molecule has 0 aromatic heterocycles. The highest BCUT2D eigenvalue weighted by Gasteiger charge is 2.62. The molecule has 2 saturated carbocycles.